The van der Waals surface area contributed by atoms with Crippen LogP contribution >= 0.6 is 31.9 Å². The summed E-state index contributed by atoms with van der Waals surface area (Å²) < 4.78 is 1.73. The van der Waals surface area contributed by atoms with Gasteiger partial charge in [-0.3, -0.25) is 4.79 Å². The maximum absolute atomic E-state index is 12.0. The van der Waals surface area contributed by atoms with Gasteiger partial charge in [-0.2, -0.15) is 0 Å². The van der Waals surface area contributed by atoms with Crippen LogP contribution in [0.3, 0.4) is 0 Å². The number of hydrogen-bond donors (Lipinski definition) is 2. The lowest BCUT2D eigenvalue weighted by Gasteiger charge is -2.11. The highest BCUT2D eigenvalue weighted by Gasteiger charge is 2.15. The van der Waals surface area contributed by atoms with Crippen LogP contribution in [0.5, 0.6) is 0 Å². The van der Waals surface area contributed by atoms with Gasteiger partial charge in [-0.15, -0.1) is 0 Å². The van der Waals surface area contributed by atoms with Gasteiger partial charge in [0.1, 0.15) is 0 Å². The lowest BCUT2D eigenvalue weighted by Crippen LogP contribution is -2.30. The number of rotatable bonds is 4. The Bertz CT molecular complexity index is 431. The number of hydrogen-bond acceptors (Lipinski definition) is 2. The molecule has 1 atom stereocenters. The van der Waals surface area contributed by atoms with Crippen molar-refractivity contribution in [1.29, 1.82) is 0 Å². The number of carbonyl (C=O) groups is 1. The molecule has 1 amide bonds. The van der Waals surface area contributed by atoms with E-state index < -0.39 is 0 Å². The Morgan fingerprint density at radius 1 is 1.44 bits per heavy atom. The van der Waals surface area contributed by atoms with Crippen LogP contribution in [0.1, 0.15) is 29.6 Å². The highest BCUT2D eigenvalue weighted by molar-refractivity contribution is 9.11. The normalized spacial score (nSPS) is 18.9. The monoisotopic (exact) mass is 374 g/mol. The predicted octanol–water partition coefficient (Wildman–Crippen LogP) is 3.08. The van der Waals surface area contributed by atoms with Gasteiger partial charge in [0, 0.05) is 21.5 Å². The zero-order valence-electron chi connectivity index (χ0n) is 10.0. The molecular weight excluding hydrogens is 360 g/mol. The number of halogens is 2. The molecule has 2 rings (SSSR count). The van der Waals surface area contributed by atoms with Gasteiger partial charge in [-0.25, -0.2) is 0 Å². The summed E-state index contributed by atoms with van der Waals surface area (Å²) >= 11 is 6.77. The van der Waals surface area contributed by atoms with Crippen molar-refractivity contribution in [2.24, 2.45) is 0 Å². The Morgan fingerprint density at radius 3 is 3.00 bits per heavy atom. The molecule has 0 spiro atoms. The number of benzene rings is 1. The Balaban J connectivity index is 1.85. The second-order valence-electron chi connectivity index (χ2n) is 4.46. The maximum Gasteiger partial charge on any atom is 0.252 e. The highest BCUT2D eigenvalue weighted by Crippen LogP contribution is 2.21. The van der Waals surface area contributed by atoms with Crippen LogP contribution < -0.4 is 10.6 Å². The first kappa shape index (κ1) is 14.0. The topological polar surface area (TPSA) is 41.1 Å². The van der Waals surface area contributed by atoms with Crippen molar-refractivity contribution in [3.8, 4) is 0 Å². The van der Waals surface area contributed by atoms with E-state index >= 15 is 0 Å². The number of carbonyl (C=O) groups excluding carboxylic acids is 1. The third-order valence-corrected chi connectivity index (χ3v) is 4.30. The third kappa shape index (κ3) is 3.80. The molecule has 1 fully saturated rings. The van der Waals surface area contributed by atoms with E-state index in [9.17, 15) is 4.79 Å². The molecule has 1 aliphatic heterocycles. The Hall–Kier alpha value is -0.390. The molecule has 1 unspecified atom stereocenters. The van der Waals surface area contributed by atoms with Gasteiger partial charge < -0.3 is 10.6 Å². The van der Waals surface area contributed by atoms with Crippen molar-refractivity contribution < 1.29 is 4.79 Å². The summed E-state index contributed by atoms with van der Waals surface area (Å²) in [6, 6.07) is 6.17. The van der Waals surface area contributed by atoms with Gasteiger partial charge in [0.2, 0.25) is 0 Å². The minimum Gasteiger partial charge on any atom is -0.352 e. The lowest BCUT2D eigenvalue weighted by atomic mass is 10.1. The molecule has 0 aliphatic carbocycles. The second-order valence-corrected chi connectivity index (χ2v) is 6.23. The summed E-state index contributed by atoms with van der Waals surface area (Å²) in [6.45, 7) is 1.82. The van der Waals surface area contributed by atoms with Gasteiger partial charge in [0.05, 0.1) is 5.56 Å². The van der Waals surface area contributed by atoms with Crippen LogP contribution in [0.2, 0.25) is 0 Å². The molecule has 18 heavy (non-hydrogen) atoms. The van der Waals surface area contributed by atoms with Gasteiger partial charge in [0.15, 0.2) is 0 Å². The fourth-order valence-electron chi connectivity index (χ4n) is 2.13. The van der Waals surface area contributed by atoms with Crippen molar-refractivity contribution in [3.63, 3.8) is 0 Å². The lowest BCUT2D eigenvalue weighted by molar-refractivity contribution is 0.0951. The third-order valence-electron chi connectivity index (χ3n) is 3.11. The van der Waals surface area contributed by atoms with E-state index in [1.54, 1.807) is 0 Å². The van der Waals surface area contributed by atoms with Crippen molar-refractivity contribution in [1.82, 2.24) is 10.6 Å². The minimum atomic E-state index is -0.0267. The molecular formula is C13H16Br2N2O. The van der Waals surface area contributed by atoms with Gasteiger partial charge in [0.25, 0.3) is 5.91 Å². The molecule has 0 radical (unpaired) electrons. The molecule has 3 nitrogen and oxygen atoms in total. The summed E-state index contributed by atoms with van der Waals surface area (Å²) in [5.41, 5.74) is 0.670. The zero-order chi connectivity index (χ0) is 13.0. The largest absolute Gasteiger partial charge is 0.352 e. The fourth-order valence-corrected chi connectivity index (χ4v) is 2.92. The SMILES string of the molecule is O=C(NCCC1CCCN1)c1cc(Br)ccc1Br. The summed E-state index contributed by atoms with van der Waals surface area (Å²) in [6.07, 6.45) is 3.46. The molecule has 98 valence electrons. The first-order chi connectivity index (χ1) is 8.66. The van der Waals surface area contributed by atoms with Crippen LogP contribution in [-0.4, -0.2) is 25.0 Å². The number of amides is 1. The minimum absolute atomic E-state index is 0.0267. The summed E-state index contributed by atoms with van der Waals surface area (Å²) in [5, 5.41) is 6.39. The molecule has 2 N–H and O–H groups in total. The van der Waals surface area contributed by atoms with Crippen molar-refractivity contribution in [2.75, 3.05) is 13.1 Å². The predicted molar refractivity (Wildman–Crippen MR) is 79.8 cm³/mol. The second kappa shape index (κ2) is 6.68. The van der Waals surface area contributed by atoms with Crippen LogP contribution in [0.15, 0.2) is 27.1 Å². The first-order valence-corrected chi connectivity index (χ1v) is 7.72. The van der Waals surface area contributed by atoms with Crippen molar-refractivity contribution in [2.45, 2.75) is 25.3 Å². The van der Waals surface area contributed by atoms with E-state index in [1.165, 1.54) is 12.8 Å². The quantitative estimate of drug-likeness (QED) is 0.848. The van der Waals surface area contributed by atoms with Crippen LogP contribution in [-0.2, 0) is 0 Å². The summed E-state index contributed by atoms with van der Waals surface area (Å²) in [4.78, 5) is 12.0. The molecule has 1 saturated heterocycles. The van der Waals surface area contributed by atoms with Crippen molar-refractivity contribution >= 4 is 37.8 Å². The van der Waals surface area contributed by atoms with Crippen LogP contribution in [0.25, 0.3) is 0 Å². The van der Waals surface area contributed by atoms with E-state index in [1.807, 2.05) is 18.2 Å². The van der Waals surface area contributed by atoms with E-state index in [2.05, 4.69) is 42.5 Å². The van der Waals surface area contributed by atoms with E-state index in [4.69, 9.17) is 0 Å². The molecule has 5 heteroatoms. The molecule has 0 aromatic heterocycles. The fraction of sp³-hybridized carbons (Fsp3) is 0.462. The standard InChI is InChI=1S/C13H16Br2N2O/c14-9-3-4-12(15)11(8-9)13(18)17-7-5-10-2-1-6-16-10/h3-4,8,10,16H,1-2,5-7H2,(H,17,18). The highest BCUT2D eigenvalue weighted by atomic mass is 79.9. The Kier molecular flexibility index (Phi) is 5.21. The average Bonchev–Trinajstić information content (AvgIpc) is 2.85. The van der Waals surface area contributed by atoms with Gasteiger partial charge >= 0.3 is 0 Å². The average molecular weight is 376 g/mol. The zero-order valence-corrected chi connectivity index (χ0v) is 13.2. The van der Waals surface area contributed by atoms with Gasteiger partial charge in [-0.05, 0) is 59.9 Å². The molecule has 0 saturated carbocycles. The smallest absolute Gasteiger partial charge is 0.252 e. The first-order valence-electron chi connectivity index (χ1n) is 6.13. The number of nitrogens with one attached hydrogen (secondary N) is 2. The Morgan fingerprint density at radius 2 is 2.28 bits per heavy atom. The van der Waals surface area contributed by atoms with Crippen molar-refractivity contribution in [3.05, 3.63) is 32.7 Å². The van der Waals surface area contributed by atoms with Gasteiger partial charge in [-0.1, -0.05) is 15.9 Å². The maximum atomic E-state index is 12.0. The molecule has 1 aliphatic rings. The van der Waals surface area contributed by atoms with E-state index in [0.29, 0.717) is 11.6 Å². The molecule has 1 aromatic carbocycles. The summed E-state index contributed by atoms with van der Waals surface area (Å²) in [5.74, 6) is -0.0267. The molecule has 1 heterocycles. The van der Waals surface area contributed by atoms with Crippen LogP contribution in [0.4, 0.5) is 0 Å². The summed E-state index contributed by atoms with van der Waals surface area (Å²) in [7, 11) is 0. The molecule has 1 aromatic rings. The van der Waals surface area contributed by atoms with E-state index in [0.717, 1.165) is 28.5 Å². The van der Waals surface area contributed by atoms with E-state index in [-0.39, 0.29) is 5.91 Å². The Labute approximate surface area is 124 Å². The molecule has 0 bridgehead atoms. The van der Waals surface area contributed by atoms with Crippen LogP contribution in [0, 0.1) is 0 Å².